The van der Waals surface area contributed by atoms with E-state index in [-0.39, 0.29) is 12.2 Å². The maximum absolute atomic E-state index is 11.8. The lowest BCUT2D eigenvalue weighted by Crippen LogP contribution is -2.31. The van der Waals surface area contributed by atoms with Gasteiger partial charge in [0.2, 0.25) is 0 Å². The molecule has 1 aliphatic carbocycles. The molecule has 0 aliphatic heterocycles. The Morgan fingerprint density at radius 1 is 1.08 bits per heavy atom. The van der Waals surface area contributed by atoms with Gasteiger partial charge in [0.1, 0.15) is 6.10 Å². The molecule has 4 nitrogen and oxygen atoms in total. The molecule has 0 radical (unpaired) electrons. The van der Waals surface area contributed by atoms with E-state index in [1.807, 2.05) is 13.8 Å². The lowest BCUT2D eigenvalue weighted by atomic mass is 9.69. The Bertz CT molecular complexity index is 431. The molecule has 0 amide bonds. The van der Waals surface area contributed by atoms with Crippen LogP contribution in [0.3, 0.4) is 0 Å². The van der Waals surface area contributed by atoms with E-state index in [2.05, 4.69) is 20.8 Å². The summed E-state index contributed by atoms with van der Waals surface area (Å²) in [6.07, 6.45) is 9.16. The second kappa shape index (κ2) is 9.85. The fourth-order valence-electron chi connectivity index (χ4n) is 3.29. The van der Waals surface area contributed by atoms with Crippen LogP contribution in [0.15, 0.2) is 12.2 Å². The average Bonchev–Trinajstić information content (AvgIpc) is 2.53. The molecule has 138 valence electrons. The number of esters is 2. The van der Waals surface area contributed by atoms with Crippen molar-refractivity contribution in [2.75, 3.05) is 0 Å². The first-order valence-corrected chi connectivity index (χ1v) is 9.37. The van der Waals surface area contributed by atoms with Crippen molar-refractivity contribution in [2.24, 2.45) is 11.3 Å². The molecule has 24 heavy (non-hydrogen) atoms. The second-order valence-corrected chi connectivity index (χ2v) is 7.62. The van der Waals surface area contributed by atoms with Gasteiger partial charge in [-0.15, -0.1) is 0 Å². The van der Waals surface area contributed by atoms with E-state index in [1.165, 1.54) is 18.6 Å². The molecule has 0 aromatic rings. The van der Waals surface area contributed by atoms with Gasteiger partial charge < -0.3 is 9.47 Å². The molecule has 1 atom stereocenters. The molecule has 0 aromatic carbocycles. The van der Waals surface area contributed by atoms with Crippen LogP contribution in [0.1, 0.15) is 79.6 Å². The van der Waals surface area contributed by atoms with E-state index in [4.69, 9.17) is 9.47 Å². The van der Waals surface area contributed by atoms with Gasteiger partial charge in [-0.1, -0.05) is 40.5 Å². The van der Waals surface area contributed by atoms with E-state index in [1.54, 1.807) is 0 Å². The zero-order chi connectivity index (χ0) is 18.2. The van der Waals surface area contributed by atoms with Crippen LogP contribution in [0.4, 0.5) is 0 Å². The summed E-state index contributed by atoms with van der Waals surface area (Å²) in [7, 11) is 0. The third-order valence-corrected chi connectivity index (χ3v) is 5.34. The number of ether oxygens (including phenoxy) is 2. The molecule has 0 bridgehead atoms. The smallest absolute Gasteiger partial charge is 0.331 e. The van der Waals surface area contributed by atoms with Crippen molar-refractivity contribution in [3.8, 4) is 0 Å². The van der Waals surface area contributed by atoms with Gasteiger partial charge in [-0.2, -0.15) is 0 Å². The lowest BCUT2D eigenvalue weighted by molar-refractivity contribution is -0.147. The van der Waals surface area contributed by atoms with Gasteiger partial charge in [-0.3, -0.25) is 0 Å². The Kier molecular flexibility index (Phi) is 8.51. The molecule has 0 N–H and O–H groups in total. The first-order valence-electron chi connectivity index (χ1n) is 9.37. The van der Waals surface area contributed by atoms with Crippen LogP contribution in [0.2, 0.25) is 0 Å². The van der Waals surface area contributed by atoms with Crippen molar-refractivity contribution in [1.29, 1.82) is 0 Å². The van der Waals surface area contributed by atoms with E-state index >= 15 is 0 Å². The summed E-state index contributed by atoms with van der Waals surface area (Å²) in [5.41, 5.74) is 0.355. The lowest BCUT2D eigenvalue weighted by Gasteiger charge is -2.38. The van der Waals surface area contributed by atoms with Crippen molar-refractivity contribution in [2.45, 2.75) is 91.8 Å². The van der Waals surface area contributed by atoms with Gasteiger partial charge in [0, 0.05) is 12.2 Å². The van der Waals surface area contributed by atoms with Crippen molar-refractivity contribution >= 4 is 11.9 Å². The van der Waals surface area contributed by atoms with Crippen LogP contribution in [0.25, 0.3) is 0 Å². The third kappa shape index (κ3) is 7.06. The molecule has 0 aromatic heterocycles. The van der Waals surface area contributed by atoms with Crippen molar-refractivity contribution in [1.82, 2.24) is 0 Å². The number of hydrogen-bond acceptors (Lipinski definition) is 4. The third-order valence-electron chi connectivity index (χ3n) is 5.34. The highest BCUT2D eigenvalue weighted by Gasteiger charge is 2.32. The Morgan fingerprint density at radius 3 is 2.21 bits per heavy atom. The van der Waals surface area contributed by atoms with Crippen LogP contribution in [-0.4, -0.2) is 24.1 Å². The molecular weight excluding hydrogens is 304 g/mol. The highest BCUT2D eigenvalue weighted by Crippen LogP contribution is 2.40. The zero-order valence-electron chi connectivity index (χ0n) is 16.0. The molecule has 1 unspecified atom stereocenters. The fourth-order valence-corrected chi connectivity index (χ4v) is 3.29. The second-order valence-electron chi connectivity index (χ2n) is 7.62. The molecule has 1 aliphatic rings. The van der Waals surface area contributed by atoms with E-state index < -0.39 is 11.9 Å². The molecular formula is C20H34O4. The van der Waals surface area contributed by atoms with Crippen LogP contribution in [0, 0.1) is 11.3 Å². The van der Waals surface area contributed by atoms with Crippen LogP contribution in [0.5, 0.6) is 0 Å². The highest BCUT2D eigenvalue weighted by atomic mass is 16.5. The summed E-state index contributed by atoms with van der Waals surface area (Å²) in [5, 5.41) is 0. The van der Waals surface area contributed by atoms with Gasteiger partial charge in [0.05, 0.1) is 6.10 Å². The van der Waals surface area contributed by atoms with Crippen LogP contribution >= 0.6 is 0 Å². The first-order chi connectivity index (χ1) is 11.3. The predicted octanol–water partition coefficient (Wildman–Crippen LogP) is 4.81. The topological polar surface area (TPSA) is 52.6 Å². The normalized spacial score (nSPS) is 23.0. The molecule has 0 heterocycles. The first kappa shape index (κ1) is 20.7. The molecule has 0 saturated heterocycles. The van der Waals surface area contributed by atoms with Crippen molar-refractivity contribution in [3.63, 3.8) is 0 Å². The maximum atomic E-state index is 11.8. The zero-order valence-corrected chi connectivity index (χ0v) is 16.0. The van der Waals surface area contributed by atoms with Gasteiger partial charge in [0.25, 0.3) is 0 Å². The standard InChI is InChI=1S/C20H34O4/c1-6-8-15(3)23-18(21)13-14-19(22)24-17-11-9-16(10-12-17)20(4,5)7-2/h13-17H,6-12H2,1-5H3/b14-13+. The maximum Gasteiger partial charge on any atom is 0.331 e. The summed E-state index contributed by atoms with van der Waals surface area (Å²) in [4.78, 5) is 23.4. The van der Waals surface area contributed by atoms with E-state index in [9.17, 15) is 9.59 Å². The van der Waals surface area contributed by atoms with Gasteiger partial charge in [-0.25, -0.2) is 9.59 Å². The minimum atomic E-state index is -0.485. The minimum Gasteiger partial charge on any atom is -0.460 e. The Hall–Kier alpha value is -1.32. The number of hydrogen-bond donors (Lipinski definition) is 0. The van der Waals surface area contributed by atoms with Crippen molar-refractivity contribution in [3.05, 3.63) is 12.2 Å². The highest BCUT2D eigenvalue weighted by molar-refractivity contribution is 5.91. The van der Waals surface area contributed by atoms with Crippen LogP contribution < -0.4 is 0 Å². The van der Waals surface area contributed by atoms with Crippen LogP contribution in [-0.2, 0) is 19.1 Å². The Labute approximate surface area is 147 Å². The number of carbonyl (C=O) groups excluding carboxylic acids is 2. The van der Waals surface area contributed by atoms with Crippen molar-refractivity contribution < 1.29 is 19.1 Å². The Balaban J connectivity index is 2.34. The summed E-state index contributed by atoms with van der Waals surface area (Å²) < 4.78 is 10.6. The predicted molar refractivity (Wildman–Crippen MR) is 95.5 cm³/mol. The van der Waals surface area contributed by atoms with Gasteiger partial charge in [-0.05, 0) is 50.4 Å². The quantitative estimate of drug-likeness (QED) is 0.470. The largest absolute Gasteiger partial charge is 0.460 e. The number of carbonyl (C=O) groups is 2. The summed E-state index contributed by atoms with van der Waals surface area (Å²) in [6, 6.07) is 0. The summed E-state index contributed by atoms with van der Waals surface area (Å²) in [5.74, 6) is -0.238. The minimum absolute atomic E-state index is 0.0268. The summed E-state index contributed by atoms with van der Waals surface area (Å²) in [6.45, 7) is 10.8. The number of rotatable bonds is 8. The molecule has 4 heteroatoms. The fraction of sp³-hybridized carbons (Fsp3) is 0.800. The van der Waals surface area contributed by atoms with Gasteiger partial charge >= 0.3 is 11.9 Å². The van der Waals surface area contributed by atoms with E-state index in [0.29, 0.717) is 11.3 Å². The molecule has 0 spiro atoms. The molecule has 1 rings (SSSR count). The molecule has 1 saturated carbocycles. The van der Waals surface area contributed by atoms with E-state index in [0.717, 1.165) is 38.5 Å². The SMILES string of the molecule is CCCC(C)OC(=O)/C=C/C(=O)OC1CCC(C(C)(C)CC)CC1. The monoisotopic (exact) mass is 338 g/mol. The van der Waals surface area contributed by atoms with Gasteiger partial charge in [0.15, 0.2) is 0 Å². The Morgan fingerprint density at radius 2 is 1.67 bits per heavy atom. The average molecular weight is 338 g/mol. The molecule has 1 fully saturated rings. The summed E-state index contributed by atoms with van der Waals surface area (Å²) >= 11 is 0.